The number of nitrogens with zero attached hydrogens (tertiary/aromatic N) is 1. The van der Waals surface area contributed by atoms with Gasteiger partial charge in [0.1, 0.15) is 34.5 Å². The van der Waals surface area contributed by atoms with Crippen LogP contribution in [-0.4, -0.2) is 29.9 Å². The number of carbonyl (C=O) groups excluding carboxylic acids is 2. The topological polar surface area (TPSA) is 89.6 Å². The highest BCUT2D eigenvalue weighted by atomic mass is 19.1. The van der Waals surface area contributed by atoms with E-state index in [0.717, 1.165) is 18.4 Å². The zero-order chi connectivity index (χ0) is 26.5. The summed E-state index contributed by atoms with van der Waals surface area (Å²) in [4.78, 5) is 28.8. The molecule has 2 N–H and O–H groups in total. The smallest absolute Gasteiger partial charge is 0.269 e. The second-order valence-corrected chi connectivity index (χ2v) is 8.98. The number of hydrogen-bond donors (Lipinski definition) is 2. The fourth-order valence-corrected chi connectivity index (χ4v) is 4.36. The van der Waals surface area contributed by atoms with Crippen molar-refractivity contribution >= 4 is 11.8 Å². The van der Waals surface area contributed by atoms with E-state index in [-0.39, 0.29) is 29.4 Å². The molecule has 1 atom stereocenters. The quantitative estimate of drug-likeness (QED) is 0.344. The van der Waals surface area contributed by atoms with Gasteiger partial charge in [0.15, 0.2) is 0 Å². The molecule has 1 aliphatic carbocycles. The Kier molecular flexibility index (Phi) is 7.31. The zero-order valence-corrected chi connectivity index (χ0v) is 20.7. The number of carbonyl (C=O) groups is 2. The van der Waals surface area contributed by atoms with Crippen molar-refractivity contribution in [3.63, 3.8) is 0 Å². The first-order valence-corrected chi connectivity index (χ1v) is 12.3. The Morgan fingerprint density at radius 2 is 1.47 bits per heavy atom. The molecule has 7 nitrogen and oxygen atoms in total. The first-order chi connectivity index (χ1) is 18.5. The van der Waals surface area contributed by atoms with Gasteiger partial charge < -0.3 is 20.1 Å². The molecule has 0 saturated carbocycles. The summed E-state index contributed by atoms with van der Waals surface area (Å²) in [7, 11) is 1.55. The second kappa shape index (κ2) is 11.1. The molecule has 0 radical (unpaired) electrons. The number of ether oxygens (including phenoxy) is 2. The number of hydrogen-bond acceptors (Lipinski definition) is 5. The van der Waals surface area contributed by atoms with Gasteiger partial charge in [0.25, 0.3) is 11.8 Å². The monoisotopic (exact) mass is 511 g/mol. The van der Waals surface area contributed by atoms with Gasteiger partial charge in [-0.05, 0) is 97.1 Å². The maximum absolute atomic E-state index is 13.1. The summed E-state index contributed by atoms with van der Waals surface area (Å²) < 4.78 is 24.8. The van der Waals surface area contributed by atoms with Gasteiger partial charge in [-0.25, -0.2) is 4.39 Å². The fraction of sp³-hybridized carbons (Fsp3) is 0.167. The van der Waals surface area contributed by atoms with Crippen LogP contribution in [0.2, 0.25) is 0 Å². The van der Waals surface area contributed by atoms with E-state index >= 15 is 0 Å². The maximum atomic E-state index is 13.1. The summed E-state index contributed by atoms with van der Waals surface area (Å²) in [6.45, 7) is 0. The molecule has 192 valence electrons. The molecule has 1 aromatic heterocycles. The van der Waals surface area contributed by atoms with Crippen molar-refractivity contribution in [1.82, 2.24) is 15.6 Å². The van der Waals surface area contributed by atoms with E-state index < -0.39 is 0 Å². The summed E-state index contributed by atoms with van der Waals surface area (Å²) in [5, 5.41) is 5.68. The molecule has 0 saturated heterocycles. The number of benzene rings is 3. The van der Waals surface area contributed by atoms with Gasteiger partial charge in [-0.15, -0.1) is 0 Å². The minimum Gasteiger partial charge on any atom is -0.457 e. The van der Waals surface area contributed by atoms with Crippen molar-refractivity contribution in [2.75, 3.05) is 7.05 Å². The molecule has 38 heavy (non-hydrogen) atoms. The number of nitrogens with one attached hydrogen (secondary N) is 2. The van der Waals surface area contributed by atoms with E-state index in [0.29, 0.717) is 35.0 Å². The number of rotatable bonds is 7. The summed E-state index contributed by atoms with van der Waals surface area (Å²) in [6, 6.07) is 21.8. The van der Waals surface area contributed by atoms with Gasteiger partial charge in [0, 0.05) is 30.9 Å². The molecule has 0 aliphatic heterocycles. The number of amides is 2. The summed E-state index contributed by atoms with van der Waals surface area (Å²) in [5.41, 5.74) is 3.15. The molecule has 5 rings (SSSR count). The Morgan fingerprint density at radius 1 is 0.816 bits per heavy atom. The highest BCUT2D eigenvalue weighted by molar-refractivity contribution is 5.94. The Bertz CT molecular complexity index is 1460. The minimum atomic E-state index is -0.330. The Labute approximate surface area is 219 Å². The number of aromatic nitrogens is 1. The Morgan fingerprint density at radius 3 is 2.21 bits per heavy atom. The van der Waals surface area contributed by atoms with Crippen molar-refractivity contribution in [2.45, 2.75) is 25.3 Å². The highest BCUT2D eigenvalue weighted by Crippen LogP contribution is 2.29. The minimum absolute atomic E-state index is 0.0128. The van der Waals surface area contributed by atoms with Crippen LogP contribution in [0.25, 0.3) is 0 Å². The van der Waals surface area contributed by atoms with Crippen LogP contribution in [0.3, 0.4) is 0 Å². The molecule has 0 bridgehead atoms. The average molecular weight is 512 g/mol. The first-order valence-electron chi connectivity index (χ1n) is 12.3. The van der Waals surface area contributed by atoms with Gasteiger partial charge in [-0.1, -0.05) is 6.07 Å². The third-order valence-electron chi connectivity index (χ3n) is 6.33. The van der Waals surface area contributed by atoms with E-state index in [1.165, 1.54) is 23.9 Å². The van der Waals surface area contributed by atoms with Crippen molar-refractivity contribution in [2.24, 2.45) is 0 Å². The second-order valence-electron chi connectivity index (χ2n) is 8.98. The average Bonchev–Trinajstić information content (AvgIpc) is 2.94. The fourth-order valence-electron chi connectivity index (χ4n) is 4.36. The zero-order valence-electron chi connectivity index (χ0n) is 20.7. The maximum Gasteiger partial charge on any atom is 0.269 e. The highest BCUT2D eigenvalue weighted by Gasteiger charge is 2.21. The molecule has 2 amide bonds. The molecule has 1 aliphatic rings. The lowest BCUT2D eigenvalue weighted by Crippen LogP contribution is -2.38. The van der Waals surface area contributed by atoms with Gasteiger partial charge in [-0.3, -0.25) is 14.6 Å². The van der Waals surface area contributed by atoms with Crippen molar-refractivity contribution in [3.8, 4) is 23.0 Å². The standard InChI is InChI=1S/C30H26FN3O4/c1-32-30(36)28-18-27(14-15-33-28)38-26-11-3-19-2-8-23(16-21(19)17-26)34-29(35)20-4-9-24(10-5-20)37-25-12-6-22(31)7-13-25/h3-7,9-15,17-18,23H,2,8,16H2,1H3,(H,32,36)(H,34,35). The van der Waals surface area contributed by atoms with Crippen LogP contribution in [0, 0.1) is 5.82 Å². The number of aryl methyl sites for hydroxylation is 1. The van der Waals surface area contributed by atoms with Gasteiger partial charge in [0.2, 0.25) is 0 Å². The third kappa shape index (κ3) is 5.98. The molecular formula is C30H26FN3O4. The lowest BCUT2D eigenvalue weighted by Gasteiger charge is -2.26. The van der Waals surface area contributed by atoms with E-state index in [9.17, 15) is 14.0 Å². The summed E-state index contributed by atoms with van der Waals surface area (Å²) >= 11 is 0. The van der Waals surface area contributed by atoms with Crippen LogP contribution in [-0.2, 0) is 12.8 Å². The molecule has 1 unspecified atom stereocenters. The van der Waals surface area contributed by atoms with E-state index in [1.807, 2.05) is 18.2 Å². The number of pyridine rings is 1. The van der Waals surface area contributed by atoms with Crippen LogP contribution in [0.4, 0.5) is 4.39 Å². The number of halogens is 1. The van der Waals surface area contributed by atoms with Gasteiger partial charge in [0.05, 0.1) is 0 Å². The molecule has 0 fully saturated rings. The van der Waals surface area contributed by atoms with Crippen LogP contribution in [0.5, 0.6) is 23.0 Å². The predicted molar refractivity (Wildman–Crippen MR) is 140 cm³/mol. The Hall–Kier alpha value is -4.72. The van der Waals surface area contributed by atoms with Crippen molar-refractivity contribution in [3.05, 3.63) is 113 Å². The molecule has 4 aromatic rings. The lowest BCUT2D eigenvalue weighted by atomic mass is 9.88. The molecule has 3 aromatic carbocycles. The van der Waals surface area contributed by atoms with E-state index in [4.69, 9.17) is 9.47 Å². The Balaban J connectivity index is 1.20. The molecule has 1 heterocycles. The largest absolute Gasteiger partial charge is 0.457 e. The van der Waals surface area contributed by atoms with Crippen LogP contribution < -0.4 is 20.1 Å². The van der Waals surface area contributed by atoms with E-state index in [2.05, 4.69) is 15.6 Å². The van der Waals surface area contributed by atoms with Gasteiger partial charge in [-0.2, -0.15) is 0 Å². The van der Waals surface area contributed by atoms with Crippen LogP contribution in [0.1, 0.15) is 38.4 Å². The lowest BCUT2D eigenvalue weighted by molar-refractivity contribution is 0.0931. The van der Waals surface area contributed by atoms with Crippen LogP contribution in [0.15, 0.2) is 85.1 Å². The van der Waals surface area contributed by atoms with Crippen molar-refractivity contribution in [1.29, 1.82) is 0 Å². The molecule has 0 spiro atoms. The van der Waals surface area contributed by atoms with Crippen LogP contribution >= 0.6 is 0 Å². The molecule has 8 heteroatoms. The number of fused-ring (bicyclic) bond motifs is 1. The summed E-state index contributed by atoms with van der Waals surface area (Å²) in [6.07, 6.45) is 3.90. The van der Waals surface area contributed by atoms with E-state index in [1.54, 1.807) is 55.6 Å². The molecular weight excluding hydrogens is 485 g/mol. The van der Waals surface area contributed by atoms with Crippen molar-refractivity contribution < 1.29 is 23.5 Å². The predicted octanol–water partition coefficient (Wildman–Crippen LogP) is 5.45. The SMILES string of the molecule is CNC(=O)c1cc(Oc2ccc3c(c2)CC(NC(=O)c2ccc(Oc4ccc(F)cc4)cc2)CC3)ccn1. The normalized spacial score (nSPS) is 14.2. The first kappa shape index (κ1) is 25.0. The van der Waals surface area contributed by atoms with Gasteiger partial charge >= 0.3 is 0 Å². The summed E-state index contributed by atoms with van der Waals surface area (Å²) in [5.74, 6) is 1.48. The third-order valence-corrected chi connectivity index (χ3v) is 6.33.